The molecule has 0 radical (unpaired) electrons. The van der Waals surface area contributed by atoms with E-state index in [2.05, 4.69) is 29.4 Å². The average Bonchev–Trinajstić information content (AvgIpc) is 2.75. The van der Waals surface area contributed by atoms with Crippen molar-refractivity contribution in [3.8, 4) is 0 Å². The lowest BCUT2D eigenvalue weighted by Gasteiger charge is -2.35. The number of nitrogens with zero attached hydrogens (tertiary/aromatic N) is 2. The molecule has 2 aliphatic heterocycles. The molecule has 2 aliphatic rings. The third kappa shape index (κ3) is 5.87. The van der Waals surface area contributed by atoms with Gasteiger partial charge in [-0.1, -0.05) is 20.3 Å². The van der Waals surface area contributed by atoms with Gasteiger partial charge in [-0.15, -0.1) is 0 Å². The predicted molar refractivity (Wildman–Crippen MR) is 119 cm³/mol. The third-order valence-corrected chi connectivity index (χ3v) is 6.07. The zero-order valence-electron chi connectivity index (χ0n) is 18.0. The van der Waals surface area contributed by atoms with Gasteiger partial charge in [0.05, 0.1) is 5.56 Å². The smallest absolute Gasteiger partial charge is 0.319 e. The average molecular weight is 401 g/mol. The Bertz CT molecular complexity index is 692. The second kappa shape index (κ2) is 10.5. The van der Waals surface area contributed by atoms with Gasteiger partial charge in [0.2, 0.25) is 0 Å². The summed E-state index contributed by atoms with van der Waals surface area (Å²) in [5.41, 5.74) is 2.39. The van der Waals surface area contributed by atoms with E-state index in [0.717, 1.165) is 76.3 Å². The predicted octanol–water partition coefficient (Wildman–Crippen LogP) is 4.47. The number of benzene rings is 1. The Morgan fingerprint density at radius 1 is 1.07 bits per heavy atom. The molecule has 0 atom stereocenters. The zero-order valence-corrected chi connectivity index (χ0v) is 18.0. The van der Waals surface area contributed by atoms with Crippen molar-refractivity contribution in [2.75, 3.05) is 42.9 Å². The summed E-state index contributed by atoms with van der Waals surface area (Å²) in [6, 6.07) is 5.58. The molecule has 2 fully saturated rings. The molecular formula is C23H36N4O2. The van der Waals surface area contributed by atoms with Crippen LogP contribution in [0.2, 0.25) is 0 Å². The molecule has 2 saturated heterocycles. The highest BCUT2D eigenvalue weighted by Gasteiger charge is 2.25. The number of unbranched alkanes of at least 4 members (excludes halogenated alkanes) is 1. The van der Waals surface area contributed by atoms with Gasteiger partial charge >= 0.3 is 6.03 Å². The summed E-state index contributed by atoms with van der Waals surface area (Å²) in [7, 11) is 0. The summed E-state index contributed by atoms with van der Waals surface area (Å²) in [4.78, 5) is 29.8. The Kier molecular flexibility index (Phi) is 7.78. The lowest BCUT2D eigenvalue weighted by atomic mass is 9.97. The van der Waals surface area contributed by atoms with Gasteiger partial charge in [-0.05, 0) is 62.6 Å². The second-order valence-corrected chi connectivity index (χ2v) is 8.49. The Balaban J connectivity index is 1.79. The van der Waals surface area contributed by atoms with Crippen LogP contribution in [-0.2, 0) is 0 Å². The van der Waals surface area contributed by atoms with E-state index in [0.29, 0.717) is 17.8 Å². The molecule has 0 spiro atoms. The highest BCUT2D eigenvalue weighted by molar-refractivity contribution is 6.02. The van der Waals surface area contributed by atoms with Gasteiger partial charge in [-0.2, -0.15) is 0 Å². The summed E-state index contributed by atoms with van der Waals surface area (Å²) in [6.07, 6.45) is 7.63. The lowest BCUT2D eigenvalue weighted by molar-refractivity contribution is 0.0725. The van der Waals surface area contributed by atoms with E-state index < -0.39 is 0 Å². The topological polar surface area (TPSA) is 64.7 Å². The maximum Gasteiger partial charge on any atom is 0.319 e. The van der Waals surface area contributed by atoms with Crippen LogP contribution in [-0.4, -0.2) is 49.6 Å². The first kappa shape index (κ1) is 21.5. The van der Waals surface area contributed by atoms with E-state index in [1.165, 1.54) is 6.42 Å². The minimum Gasteiger partial charge on any atom is -0.371 e. The third-order valence-electron chi connectivity index (χ3n) is 6.07. The summed E-state index contributed by atoms with van der Waals surface area (Å²) in [6.45, 7) is 8.65. The quantitative estimate of drug-likeness (QED) is 0.693. The van der Waals surface area contributed by atoms with Crippen LogP contribution in [0.4, 0.5) is 16.2 Å². The van der Waals surface area contributed by atoms with E-state index in [4.69, 9.17) is 0 Å². The number of nitrogens with one attached hydrogen (secondary N) is 2. The SMILES string of the molecule is CCCCNC(=O)Nc1ccc(N2CCC(C)CC2)c(C(=O)N2CCCCC2)c1. The summed E-state index contributed by atoms with van der Waals surface area (Å²) >= 11 is 0. The molecule has 0 unspecified atom stereocenters. The Labute approximate surface area is 175 Å². The van der Waals surface area contributed by atoms with Crippen molar-refractivity contribution in [3.05, 3.63) is 23.8 Å². The van der Waals surface area contributed by atoms with Crippen molar-refractivity contribution < 1.29 is 9.59 Å². The Morgan fingerprint density at radius 2 is 1.79 bits per heavy atom. The van der Waals surface area contributed by atoms with Crippen LogP contribution in [0.15, 0.2) is 18.2 Å². The van der Waals surface area contributed by atoms with Gasteiger partial charge in [0, 0.05) is 44.1 Å². The number of hydrogen-bond donors (Lipinski definition) is 2. The number of anilines is 2. The van der Waals surface area contributed by atoms with Crippen LogP contribution in [0.1, 0.15) is 69.2 Å². The van der Waals surface area contributed by atoms with Gasteiger partial charge in [-0.3, -0.25) is 4.79 Å². The fourth-order valence-electron chi connectivity index (χ4n) is 4.13. The normalized spacial score (nSPS) is 17.9. The molecule has 2 N–H and O–H groups in total. The van der Waals surface area contributed by atoms with Gasteiger partial charge in [-0.25, -0.2) is 4.79 Å². The highest BCUT2D eigenvalue weighted by atomic mass is 16.2. The monoisotopic (exact) mass is 400 g/mol. The minimum atomic E-state index is -0.214. The van der Waals surface area contributed by atoms with Crippen molar-refractivity contribution in [3.63, 3.8) is 0 Å². The number of rotatable bonds is 6. The van der Waals surface area contributed by atoms with Crippen molar-refractivity contribution in [1.82, 2.24) is 10.2 Å². The molecule has 6 nitrogen and oxygen atoms in total. The number of urea groups is 1. The van der Waals surface area contributed by atoms with Crippen molar-refractivity contribution in [2.45, 2.75) is 58.8 Å². The van der Waals surface area contributed by atoms with Crippen molar-refractivity contribution >= 4 is 23.3 Å². The summed E-state index contributed by atoms with van der Waals surface area (Å²) in [5, 5.41) is 5.77. The van der Waals surface area contributed by atoms with E-state index in [-0.39, 0.29) is 11.9 Å². The molecule has 0 aromatic heterocycles. The van der Waals surface area contributed by atoms with Crippen molar-refractivity contribution in [2.24, 2.45) is 5.92 Å². The number of piperidine rings is 2. The number of carbonyl (C=O) groups is 2. The van der Waals surface area contributed by atoms with Gasteiger partial charge in [0.15, 0.2) is 0 Å². The van der Waals surface area contributed by atoms with Crippen LogP contribution in [0.5, 0.6) is 0 Å². The number of likely N-dealkylation sites (tertiary alicyclic amines) is 1. The summed E-state index contributed by atoms with van der Waals surface area (Å²) < 4.78 is 0. The maximum absolute atomic E-state index is 13.3. The number of hydrogen-bond acceptors (Lipinski definition) is 3. The zero-order chi connectivity index (χ0) is 20.6. The fraction of sp³-hybridized carbons (Fsp3) is 0.652. The molecule has 0 bridgehead atoms. The molecule has 6 heteroatoms. The molecular weight excluding hydrogens is 364 g/mol. The number of amides is 3. The van der Waals surface area contributed by atoms with Crippen LogP contribution in [0.25, 0.3) is 0 Å². The molecule has 29 heavy (non-hydrogen) atoms. The molecule has 3 rings (SSSR count). The molecule has 0 aliphatic carbocycles. The standard InChI is InChI=1S/C23H36N4O2/c1-3-4-12-24-23(29)25-19-8-9-21(26-15-10-18(2)11-16-26)20(17-19)22(28)27-13-6-5-7-14-27/h8-9,17-18H,3-7,10-16H2,1-2H3,(H2,24,25,29). The van der Waals surface area contributed by atoms with Crippen LogP contribution >= 0.6 is 0 Å². The fourth-order valence-corrected chi connectivity index (χ4v) is 4.13. The first-order chi connectivity index (χ1) is 14.1. The maximum atomic E-state index is 13.3. The second-order valence-electron chi connectivity index (χ2n) is 8.49. The van der Waals surface area contributed by atoms with E-state index in [1.54, 1.807) is 0 Å². The van der Waals surface area contributed by atoms with Gasteiger partial charge in [0.25, 0.3) is 5.91 Å². The Hall–Kier alpha value is -2.24. The highest BCUT2D eigenvalue weighted by Crippen LogP contribution is 2.30. The van der Waals surface area contributed by atoms with E-state index >= 15 is 0 Å². The Morgan fingerprint density at radius 3 is 2.48 bits per heavy atom. The van der Waals surface area contributed by atoms with Gasteiger partial charge < -0.3 is 20.4 Å². The van der Waals surface area contributed by atoms with Gasteiger partial charge in [0.1, 0.15) is 0 Å². The van der Waals surface area contributed by atoms with Crippen LogP contribution in [0.3, 0.4) is 0 Å². The molecule has 1 aromatic rings. The van der Waals surface area contributed by atoms with Crippen LogP contribution in [0, 0.1) is 5.92 Å². The van der Waals surface area contributed by atoms with E-state index in [1.807, 2.05) is 23.1 Å². The van der Waals surface area contributed by atoms with Crippen molar-refractivity contribution in [1.29, 1.82) is 0 Å². The van der Waals surface area contributed by atoms with E-state index in [9.17, 15) is 9.59 Å². The summed E-state index contributed by atoms with van der Waals surface area (Å²) in [5.74, 6) is 0.827. The molecule has 3 amide bonds. The number of carbonyl (C=O) groups excluding carboxylic acids is 2. The molecule has 160 valence electrons. The minimum absolute atomic E-state index is 0.0911. The molecule has 0 saturated carbocycles. The first-order valence-electron chi connectivity index (χ1n) is 11.3. The molecule has 2 heterocycles. The largest absolute Gasteiger partial charge is 0.371 e. The first-order valence-corrected chi connectivity index (χ1v) is 11.3. The van der Waals surface area contributed by atoms with Crippen LogP contribution < -0.4 is 15.5 Å². The molecule has 1 aromatic carbocycles. The lowest BCUT2D eigenvalue weighted by Crippen LogP contribution is -2.38.